The molecule has 0 bridgehead atoms. The molecule has 2 amide bonds. The Morgan fingerprint density at radius 3 is 2.10 bits per heavy atom. The lowest BCUT2D eigenvalue weighted by molar-refractivity contribution is 0.101. The predicted octanol–water partition coefficient (Wildman–Crippen LogP) is 7.14. The lowest BCUT2D eigenvalue weighted by Gasteiger charge is -2.13. The van der Waals surface area contributed by atoms with Crippen molar-refractivity contribution in [2.45, 2.75) is 0 Å². The van der Waals surface area contributed by atoms with E-state index in [1.807, 2.05) is 36.4 Å². The van der Waals surface area contributed by atoms with E-state index in [0.29, 0.717) is 22.0 Å². The van der Waals surface area contributed by atoms with Crippen LogP contribution in [0.25, 0.3) is 27.8 Å². The molecule has 2 heterocycles. The standard InChI is InChI=1S/C37H21N11O3/c38-17-22-7-1-3-9-28(22)42-35(50)21-13-14-26-24(15-21)16-27(36(51)43-29-10-4-2-8-23(29)18-39)33(49)32(26)46-47-34-25(19-40)20-41-48(34)37-44-30-11-5-6-12-31(30)45-37/h1-16,20,49H,(H,42,50)(H,43,51)(H,44,45)/b47-46+. The summed E-state index contributed by atoms with van der Waals surface area (Å²) in [5.41, 5.74) is 2.24. The molecule has 0 unspecified atom stereocenters. The number of aromatic nitrogens is 4. The van der Waals surface area contributed by atoms with Crippen molar-refractivity contribution in [3.8, 4) is 29.9 Å². The first kappa shape index (κ1) is 31.4. The van der Waals surface area contributed by atoms with E-state index < -0.39 is 17.6 Å². The Labute approximate surface area is 288 Å². The summed E-state index contributed by atoms with van der Waals surface area (Å²) in [4.78, 5) is 34.6. The number of nitrogens with zero attached hydrogens (tertiary/aromatic N) is 8. The second-order valence-electron chi connectivity index (χ2n) is 11.0. The number of imidazole rings is 1. The molecule has 0 fully saturated rings. The van der Waals surface area contributed by atoms with Crippen LogP contribution in [0, 0.1) is 34.0 Å². The van der Waals surface area contributed by atoms with Gasteiger partial charge in [0.25, 0.3) is 11.8 Å². The molecule has 0 spiro atoms. The largest absolute Gasteiger partial charge is 0.505 e. The van der Waals surface area contributed by atoms with Gasteiger partial charge in [-0.1, -0.05) is 42.5 Å². The Morgan fingerprint density at radius 1 is 0.765 bits per heavy atom. The molecule has 2 aromatic heterocycles. The molecule has 0 saturated carbocycles. The van der Waals surface area contributed by atoms with Crippen molar-refractivity contribution in [2.75, 3.05) is 10.6 Å². The fourth-order valence-electron chi connectivity index (χ4n) is 5.36. The Balaban J connectivity index is 1.34. The molecule has 0 aliphatic carbocycles. The zero-order chi connectivity index (χ0) is 35.5. The average molecular weight is 668 g/mol. The number of amides is 2. The van der Waals surface area contributed by atoms with Crippen LogP contribution >= 0.6 is 0 Å². The zero-order valence-corrected chi connectivity index (χ0v) is 26.2. The number of hydrogen-bond acceptors (Lipinski definition) is 10. The van der Waals surface area contributed by atoms with Gasteiger partial charge in [0, 0.05) is 10.9 Å². The van der Waals surface area contributed by atoms with Gasteiger partial charge in [-0.25, -0.2) is 4.98 Å². The molecule has 14 heteroatoms. The van der Waals surface area contributed by atoms with Crippen molar-refractivity contribution in [3.63, 3.8) is 0 Å². The molecular weight excluding hydrogens is 646 g/mol. The molecule has 51 heavy (non-hydrogen) atoms. The lowest BCUT2D eigenvalue weighted by atomic mass is 10.00. The molecule has 5 aromatic carbocycles. The first-order chi connectivity index (χ1) is 24.9. The number of anilines is 2. The number of rotatable bonds is 7. The smallest absolute Gasteiger partial charge is 0.259 e. The van der Waals surface area contributed by atoms with E-state index in [0.717, 1.165) is 5.52 Å². The fourth-order valence-corrected chi connectivity index (χ4v) is 5.36. The molecule has 7 rings (SSSR count). The highest BCUT2D eigenvalue weighted by atomic mass is 16.3. The van der Waals surface area contributed by atoms with Gasteiger partial charge in [-0.2, -0.15) is 25.6 Å². The molecule has 4 N–H and O–H groups in total. The van der Waals surface area contributed by atoms with Crippen LogP contribution in [0.15, 0.2) is 113 Å². The number of para-hydroxylation sites is 4. The maximum Gasteiger partial charge on any atom is 0.259 e. The highest BCUT2D eigenvalue weighted by Gasteiger charge is 2.22. The van der Waals surface area contributed by atoms with Gasteiger partial charge < -0.3 is 20.7 Å². The third kappa shape index (κ3) is 5.93. The van der Waals surface area contributed by atoms with Crippen molar-refractivity contribution in [1.29, 1.82) is 15.8 Å². The molecular formula is C37H21N11O3. The fraction of sp³-hybridized carbons (Fsp3) is 0. The van der Waals surface area contributed by atoms with Crippen LogP contribution in [0.2, 0.25) is 0 Å². The number of benzene rings is 5. The van der Waals surface area contributed by atoms with E-state index in [1.54, 1.807) is 48.5 Å². The summed E-state index contributed by atoms with van der Waals surface area (Å²) in [6.45, 7) is 0. The summed E-state index contributed by atoms with van der Waals surface area (Å²) in [6.07, 6.45) is 1.30. The number of nitriles is 3. The number of nitrogens with one attached hydrogen (secondary N) is 3. The van der Waals surface area contributed by atoms with Gasteiger partial charge in [0.05, 0.1) is 45.3 Å². The second-order valence-corrected chi connectivity index (χ2v) is 11.0. The Hall–Kier alpha value is -8.15. The summed E-state index contributed by atoms with van der Waals surface area (Å²) in [5.74, 6) is -1.59. The van der Waals surface area contributed by atoms with E-state index in [2.05, 4.69) is 35.9 Å². The first-order valence-electron chi connectivity index (χ1n) is 15.1. The number of carbonyl (C=O) groups excluding carboxylic acids is 2. The van der Waals surface area contributed by atoms with Crippen LogP contribution in [0.3, 0.4) is 0 Å². The maximum absolute atomic E-state index is 13.7. The Kier molecular flexibility index (Phi) is 8.11. The van der Waals surface area contributed by atoms with Crippen molar-refractivity contribution in [1.82, 2.24) is 19.7 Å². The van der Waals surface area contributed by atoms with Crippen molar-refractivity contribution < 1.29 is 14.7 Å². The van der Waals surface area contributed by atoms with E-state index in [1.165, 1.54) is 41.2 Å². The number of azo groups is 1. The lowest BCUT2D eigenvalue weighted by Crippen LogP contribution is -2.14. The van der Waals surface area contributed by atoms with Crippen molar-refractivity contribution >= 4 is 56.5 Å². The van der Waals surface area contributed by atoms with Gasteiger partial charge in [-0.15, -0.1) is 10.2 Å². The number of fused-ring (bicyclic) bond motifs is 2. The quantitative estimate of drug-likeness (QED) is 0.128. The SMILES string of the molecule is N#Cc1ccccc1NC(=O)c1ccc2c(/N=N/c3c(C#N)cnn3-c3nc4ccccc4[nH]3)c(O)c(C(=O)Nc3ccccc3C#N)cc2c1. The molecule has 0 saturated heterocycles. The number of carbonyl (C=O) groups is 2. The van der Waals surface area contributed by atoms with Crippen LogP contribution in [-0.4, -0.2) is 36.7 Å². The van der Waals surface area contributed by atoms with Gasteiger partial charge in [0.2, 0.25) is 5.95 Å². The highest BCUT2D eigenvalue weighted by molar-refractivity contribution is 6.14. The van der Waals surface area contributed by atoms with E-state index >= 15 is 0 Å². The molecule has 14 nitrogen and oxygen atoms in total. The molecule has 0 aliphatic heterocycles. The minimum Gasteiger partial charge on any atom is -0.505 e. The molecule has 0 radical (unpaired) electrons. The van der Waals surface area contributed by atoms with Crippen LogP contribution in [-0.2, 0) is 0 Å². The van der Waals surface area contributed by atoms with Crippen LogP contribution in [0.4, 0.5) is 22.9 Å². The summed E-state index contributed by atoms with van der Waals surface area (Å²) in [5, 5.41) is 59.3. The summed E-state index contributed by atoms with van der Waals surface area (Å²) in [6, 6.07) is 32.2. The molecule has 7 aromatic rings. The zero-order valence-electron chi connectivity index (χ0n) is 26.2. The average Bonchev–Trinajstić information content (AvgIpc) is 3.78. The molecule has 0 atom stereocenters. The predicted molar refractivity (Wildman–Crippen MR) is 186 cm³/mol. The number of hydrogen-bond donors (Lipinski definition) is 4. The number of phenols is 1. The van der Waals surface area contributed by atoms with Gasteiger partial charge >= 0.3 is 0 Å². The van der Waals surface area contributed by atoms with Crippen molar-refractivity contribution in [2.24, 2.45) is 10.2 Å². The first-order valence-corrected chi connectivity index (χ1v) is 15.1. The second kappa shape index (κ2) is 13.2. The van der Waals surface area contributed by atoms with Crippen LogP contribution in [0.5, 0.6) is 5.75 Å². The van der Waals surface area contributed by atoms with E-state index in [-0.39, 0.29) is 51.0 Å². The molecule has 242 valence electrons. The third-order valence-corrected chi connectivity index (χ3v) is 7.87. The van der Waals surface area contributed by atoms with Gasteiger partial charge in [0.1, 0.15) is 29.5 Å². The van der Waals surface area contributed by atoms with Gasteiger partial charge in [-0.3, -0.25) is 9.59 Å². The van der Waals surface area contributed by atoms with Crippen molar-refractivity contribution in [3.05, 3.63) is 131 Å². The normalized spacial score (nSPS) is 10.8. The summed E-state index contributed by atoms with van der Waals surface area (Å²) in [7, 11) is 0. The highest BCUT2D eigenvalue weighted by Crippen LogP contribution is 2.41. The minimum absolute atomic E-state index is 0.00550. The topological polar surface area (TPSA) is 221 Å². The van der Waals surface area contributed by atoms with Crippen LogP contribution in [0.1, 0.15) is 37.4 Å². The minimum atomic E-state index is -0.767. The monoisotopic (exact) mass is 667 g/mol. The third-order valence-electron chi connectivity index (χ3n) is 7.87. The van der Waals surface area contributed by atoms with E-state index in [4.69, 9.17) is 0 Å². The number of phenolic OH excluding ortho intramolecular Hbond substituents is 1. The Morgan fingerprint density at radius 2 is 1.41 bits per heavy atom. The van der Waals surface area contributed by atoms with Gasteiger partial charge in [-0.05, 0) is 60.0 Å². The molecule has 0 aliphatic rings. The summed E-state index contributed by atoms with van der Waals surface area (Å²) >= 11 is 0. The van der Waals surface area contributed by atoms with Crippen LogP contribution < -0.4 is 10.6 Å². The van der Waals surface area contributed by atoms with Gasteiger partial charge in [0.15, 0.2) is 11.6 Å². The maximum atomic E-state index is 13.7. The summed E-state index contributed by atoms with van der Waals surface area (Å²) < 4.78 is 1.29. The number of H-pyrrole nitrogens is 1. The number of aromatic amines is 1. The Bertz CT molecular complexity index is 2670. The number of aromatic hydroxyl groups is 1. The van der Waals surface area contributed by atoms with E-state index in [9.17, 15) is 30.5 Å².